The molecule has 21 heavy (non-hydrogen) atoms. The Kier molecular flexibility index (Phi) is 8.34. The molecule has 2 fully saturated rings. The summed E-state index contributed by atoms with van der Waals surface area (Å²) in [5.41, 5.74) is 0. The van der Waals surface area contributed by atoms with Crippen LogP contribution in [0.2, 0.25) is 0 Å². The minimum atomic E-state index is -0.194. The van der Waals surface area contributed by atoms with Crippen molar-refractivity contribution in [2.24, 2.45) is 16.8 Å². The molecule has 0 amide bonds. The van der Waals surface area contributed by atoms with Crippen LogP contribution in [0, 0.1) is 23.2 Å². The van der Waals surface area contributed by atoms with Crippen molar-refractivity contribution in [2.75, 3.05) is 13.1 Å². The number of hydrogen-bond acceptors (Lipinski definition) is 3. The highest BCUT2D eigenvalue weighted by Gasteiger charge is 2.28. The van der Waals surface area contributed by atoms with Gasteiger partial charge in [-0.2, -0.15) is 5.26 Å². The van der Waals surface area contributed by atoms with Gasteiger partial charge in [-0.25, -0.2) is 0 Å². The highest BCUT2D eigenvalue weighted by molar-refractivity contribution is 14.0. The fraction of sp³-hybridized carbons (Fsp3) is 0.867. The molecule has 0 spiro atoms. The summed E-state index contributed by atoms with van der Waals surface area (Å²) in [7, 11) is 0. The molecule has 4 unspecified atom stereocenters. The van der Waals surface area contributed by atoms with Crippen LogP contribution in [0.25, 0.3) is 0 Å². The summed E-state index contributed by atoms with van der Waals surface area (Å²) >= 11 is 0. The van der Waals surface area contributed by atoms with E-state index in [4.69, 9.17) is 5.26 Å². The number of nitrogens with zero attached hydrogens (tertiary/aromatic N) is 2. The molecule has 0 radical (unpaired) electrons. The number of hydrogen-bond donors (Lipinski definition) is 3. The zero-order valence-electron chi connectivity index (χ0n) is 12.7. The smallest absolute Gasteiger partial charge is 0.191 e. The highest BCUT2D eigenvalue weighted by Crippen LogP contribution is 2.26. The fourth-order valence-corrected chi connectivity index (χ4v) is 3.22. The highest BCUT2D eigenvalue weighted by atomic mass is 127. The molecule has 0 aromatic heterocycles. The minimum absolute atomic E-state index is 0. The molecule has 3 N–H and O–H groups in total. The Labute approximate surface area is 144 Å². The van der Waals surface area contributed by atoms with E-state index in [9.17, 15) is 5.11 Å². The van der Waals surface area contributed by atoms with Crippen molar-refractivity contribution in [1.82, 2.24) is 10.6 Å². The molecule has 0 aromatic rings. The van der Waals surface area contributed by atoms with Gasteiger partial charge in [-0.15, -0.1) is 24.0 Å². The second-order valence-corrected chi connectivity index (χ2v) is 5.90. The van der Waals surface area contributed by atoms with Gasteiger partial charge in [-0.3, -0.25) is 4.99 Å². The lowest BCUT2D eigenvalue weighted by atomic mass is 10.1. The van der Waals surface area contributed by atoms with Gasteiger partial charge < -0.3 is 15.7 Å². The van der Waals surface area contributed by atoms with Crippen molar-refractivity contribution in [3.63, 3.8) is 0 Å². The van der Waals surface area contributed by atoms with Gasteiger partial charge in [0.05, 0.1) is 18.1 Å². The van der Waals surface area contributed by atoms with Crippen LogP contribution >= 0.6 is 24.0 Å². The van der Waals surface area contributed by atoms with Crippen molar-refractivity contribution in [3.05, 3.63) is 0 Å². The third-order valence-corrected chi connectivity index (χ3v) is 4.45. The van der Waals surface area contributed by atoms with Gasteiger partial charge in [0.2, 0.25) is 0 Å². The van der Waals surface area contributed by atoms with E-state index in [2.05, 4.69) is 21.7 Å². The average Bonchev–Trinajstić information content (AvgIpc) is 3.05. The predicted molar refractivity (Wildman–Crippen MR) is 94.6 cm³/mol. The van der Waals surface area contributed by atoms with Crippen molar-refractivity contribution in [2.45, 2.75) is 57.6 Å². The third-order valence-electron chi connectivity index (χ3n) is 4.45. The molecular weight excluding hydrogens is 379 g/mol. The van der Waals surface area contributed by atoms with Gasteiger partial charge in [-0.1, -0.05) is 6.42 Å². The van der Waals surface area contributed by atoms with E-state index >= 15 is 0 Å². The minimum Gasteiger partial charge on any atom is -0.393 e. The molecule has 0 heterocycles. The van der Waals surface area contributed by atoms with Crippen LogP contribution in [-0.2, 0) is 0 Å². The van der Waals surface area contributed by atoms with E-state index in [-0.39, 0.29) is 42.0 Å². The monoisotopic (exact) mass is 406 g/mol. The molecule has 6 heteroatoms. The van der Waals surface area contributed by atoms with Crippen LogP contribution in [-0.4, -0.2) is 36.3 Å². The summed E-state index contributed by atoms with van der Waals surface area (Å²) in [6.07, 6.45) is 6.00. The lowest BCUT2D eigenvalue weighted by Gasteiger charge is -2.20. The van der Waals surface area contributed by atoms with Crippen molar-refractivity contribution in [1.29, 1.82) is 5.26 Å². The van der Waals surface area contributed by atoms with E-state index < -0.39 is 0 Å². The quantitative estimate of drug-likeness (QED) is 0.379. The first kappa shape index (κ1) is 18.5. The average molecular weight is 406 g/mol. The molecule has 0 aliphatic heterocycles. The zero-order chi connectivity index (χ0) is 14.4. The molecule has 120 valence electrons. The van der Waals surface area contributed by atoms with E-state index in [0.29, 0.717) is 12.5 Å². The van der Waals surface area contributed by atoms with E-state index in [1.165, 1.54) is 0 Å². The number of nitriles is 1. The molecule has 5 nitrogen and oxygen atoms in total. The first-order chi connectivity index (χ1) is 9.74. The van der Waals surface area contributed by atoms with Crippen LogP contribution < -0.4 is 10.6 Å². The Hall–Kier alpha value is -0.550. The maximum atomic E-state index is 9.84. The topological polar surface area (TPSA) is 80.4 Å². The summed E-state index contributed by atoms with van der Waals surface area (Å²) in [4.78, 5) is 4.60. The number of halogens is 1. The van der Waals surface area contributed by atoms with Gasteiger partial charge >= 0.3 is 0 Å². The molecule has 2 saturated carbocycles. The molecule has 0 saturated heterocycles. The van der Waals surface area contributed by atoms with Crippen LogP contribution in [0.3, 0.4) is 0 Å². The van der Waals surface area contributed by atoms with Crippen LogP contribution in [0.4, 0.5) is 0 Å². The largest absolute Gasteiger partial charge is 0.393 e. The summed E-state index contributed by atoms with van der Waals surface area (Å²) in [6.45, 7) is 3.52. The van der Waals surface area contributed by atoms with Gasteiger partial charge in [0.1, 0.15) is 0 Å². The normalized spacial score (nSPS) is 32.3. The molecule has 2 rings (SSSR count). The Balaban J connectivity index is 0.00000220. The number of guanidine groups is 1. The summed E-state index contributed by atoms with van der Waals surface area (Å²) in [5, 5.41) is 25.6. The molecule has 2 aliphatic carbocycles. The van der Waals surface area contributed by atoms with E-state index in [1.807, 2.05) is 6.92 Å². The standard InChI is InChI=1S/C15H26N4O.HI/c1-2-17-15(18-10-12-6-4-8-14(12)20)19-13-7-3-5-11(13)9-16;/h11-14,20H,2-8,10H2,1H3,(H2,17,18,19);1H. The number of nitrogens with one attached hydrogen (secondary N) is 2. The van der Waals surface area contributed by atoms with Crippen molar-refractivity contribution in [3.8, 4) is 6.07 Å². The zero-order valence-corrected chi connectivity index (χ0v) is 15.0. The Morgan fingerprint density at radius 3 is 2.67 bits per heavy atom. The Morgan fingerprint density at radius 2 is 2.05 bits per heavy atom. The molecule has 0 bridgehead atoms. The van der Waals surface area contributed by atoms with Crippen LogP contribution in [0.1, 0.15) is 45.4 Å². The van der Waals surface area contributed by atoms with Gasteiger partial charge in [-0.05, 0) is 39.0 Å². The summed E-state index contributed by atoms with van der Waals surface area (Å²) < 4.78 is 0. The van der Waals surface area contributed by atoms with Crippen LogP contribution in [0.5, 0.6) is 0 Å². The first-order valence-corrected chi connectivity index (χ1v) is 7.87. The molecule has 4 atom stereocenters. The maximum Gasteiger partial charge on any atom is 0.191 e. The lowest BCUT2D eigenvalue weighted by Crippen LogP contribution is -2.45. The predicted octanol–water partition coefficient (Wildman–Crippen LogP) is 2.01. The number of aliphatic imine (C=N–C) groups is 1. The van der Waals surface area contributed by atoms with Gasteiger partial charge in [0.25, 0.3) is 0 Å². The Bertz CT molecular complexity index is 382. The number of aliphatic hydroxyl groups excluding tert-OH is 1. The summed E-state index contributed by atoms with van der Waals surface area (Å²) in [5.74, 6) is 1.18. The summed E-state index contributed by atoms with van der Waals surface area (Å²) in [6, 6.07) is 2.59. The molecule has 2 aliphatic rings. The van der Waals surface area contributed by atoms with Gasteiger partial charge in [0.15, 0.2) is 5.96 Å². The number of rotatable bonds is 4. The number of aliphatic hydroxyl groups is 1. The SMILES string of the molecule is CCNC(=NCC1CCCC1O)NC1CCCC1C#N.I. The maximum absolute atomic E-state index is 9.84. The molecular formula is C15H27IN4O. The van der Waals surface area contributed by atoms with E-state index in [1.54, 1.807) is 0 Å². The second kappa shape index (κ2) is 9.46. The lowest BCUT2D eigenvalue weighted by molar-refractivity contribution is 0.136. The first-order valence-electron chi connectivity index (χ1n) is 7.87. The fourth-order valence-electron chi connectivity index (χ4n) is 3.22. The Morgan fingerprint density at radius 1 is 1.29 bits per heavy atom. The van der Waals surface area contributed by atoms with E-state index in [0.717, 1.165) is 51.0 Å². The third kappa shape index (κ3) is 5.29. The van der Waals surface area contributed by atoms with Crippen LogP contribution in [0.15, 0.2) is 4.99 Å². The van der Waals surface area contributed by atoms with Gasteiger partial charge in [0, 0.05) is 25.0 Å². The van der Waals surface area contributed by atoms with Crippen molar-refractivity contribution >= 4 is 29.9 Å². The van der Waals surface area contributed by atoms with Crippen molar-refractivity contribution < 1.29 is 5.11 Å². The second-order valence-electron chi connectivity index (χ2n) is 5.90. The molecule has 0 aromatic carbocycles.